The van der Waals surface area contributed by atoms with Gasteiger partial charge in [0.1, 0.15) is 6.54 Å². The molecular formula is C23H20ClN3O3. The van der Waals surface area contributed by atoms with Gasteiger partial charge in [0.25, 0.3) is 5.91 Å². The minimum atomic E-state index is -0.815. The molecule has 0 saturated heterocycles. The Morgan fingerprint density at radius 2 is 1.83 bits per heavy atom. The van der Waals surface area contributed by atoms with Crippen molar-refractivity contribution in [2.45, 2.75) is 12.5 Å². The Bertz CT molecular complexity index is 1040. The number of carbonyl (C=O) groups excluding carboxylic acids is 2. The summed E-state index contributed by atoms with van der Waals surface area (Å²) in [4.78, 5) is 31.3. The molecule has 4 rings (SSSR count). The molecule has 6 nitrogen and oxygen atoms in total. The third-order valence-electron chi connectivity index (χ3n) is 4.79. The van der Waals surface area contributed by atoms with Gasteiger partial charge in [-0.2, -0.15) is 0 Å². The number of hydrogen-bond donors (Lipinski definition) is 1. The van der Waals surface area contributed by atoms with Crippen LogP contribution in [0.25, 0.3) is 0 Å². The maximum atomic E-state index is 13.1. The summed E-state index contributed by atoms with van der Waals surface area (Å²) in [6.07, 6.45) is 1.43. The molecule has 0 unspecified atom stereocenters. The molecule has 1 atom stereocenters. The van der Waals surface area contributed by atoms with Gasteiger partial charge in [-0.05, 0) is 36.2 Å². The first-order valence-corrected chi connectivity index (χ1v) is 9.99. The van der Waals surface area contributed by atoms with E-state index in [1.54, 1.807) is 18.3 Å². The minimum Gasteiger partial charge on any atom is -0.472 e. The van der Waals surface area contributed by atoms with Crippen LogP contribution in [0, 0.1) is 0 Å². The van der Waals surface area contributed by atoms with Gasteiger partial charge in [0, 0.05) is 23.3 Å². The molecule has 1 aromatic heterocycles. The van der Waals surface area contributed by atoms with E-state index in [4.69, 9.17) is 16.3 Å². The molecule has 2 amide bonds. The number of benzene rings is 2. The SMILES string of the molecule is O=C(CN1C(=O)[C@@H](c2ccccc2)Oc2cccnc21)NCCc1ccc(Cl)cc1. The highest BCUT2D eigenvalue weighted by Gasteiger charge is 2.37. The second-order valence-corrected chi connectivity index (χ2v) is 7.32. The van der Waals surface area contributed by atoms with E-state index in [0.29, 0.717) is 29.6 Å². The van der Waals surface area contributed by atoms with Crippen LogP contribution < -0.4 is 15.0 Å². The summed E-state index contributed by atoms with van der Waals surface area (Å²) >= 11 is 5.89. The van der Waals surface area contributed by atoms with Gasteiger partial charge in [-0.3, -0.25) is 14.5 Å². The summed E-state index contributed by atoms with van der Waals surface area (Å²) in [7, 11) is 0. The van der Waals surface area contributed by atoms with Gasteiger partial charge in [-0.15, -0.1) is 0 Å². The molecular weight excluding hydrogens is 402 g/mol. The molecule has 0 bridgehead atoms. The van der Waals surface area contributed by atoms with Gasteiger partial charge in [-0.25, -0.2) is 4.98 Å². The highest BCUT2D eigenvalue weighted by molar-refractivity contribution is 6.30. The molecule has 3 aromatic rings. The quantitative estimate of drug-likeness (QED) is 0.660. The van der Waals surface area contributed by atoms with Crippen molar-refractivity contribution < 1.29 is 14.3 Å². The Morgan fingerprint density at radius 1 is 1.07 bits per heavy atom. The third kappa shape index (κ3) is 4.44. The number of rotatable bonds is 6. The third-order valence-corrected chi connectivity index (χ3v) is 5.05. The number of anilines is 1. The summed E-state index contributed by atoms with van der Waals surface area (Å²) in [6.45, 7) is 0.326. The van der Waals surface area contributed by atoms with Gasteiger partial charge < -0.3 is 10.1 Å². The minimum absolute atomic E-state index is 0.129. The molecule has 30 heavy (non-hydrogen) atoms. The van der Waals surface area contributed by atoms with Crippen molar-refractivity contribution >= 4 is 29.2 Å². The highest BCUT2D eigenvalue weighted by Crippen LogP contribution is 2.36. The summed E-state index contributed by atoms with van der Waals surface area (Å²) in [6, 6.07) is 20.2. The van der Waals surface area contributed by atoms with Crippen molar-refractivity contribution in [1.29, 1.82) is 0 Å². The van der Waals surface area contributed by atoms with Crippen LogP contribution in [-0.4, -0.2) is 29.9 Å². The van der Waals surface area contributed by atoms with Gasteiger partial charge in [0.05, 0.1) is 0 Å². The first-order valence-electron chi connectivity index (χ1n) is 9.61. The average Bonchev–Trinajstić information content (AvgIpc) is 2.77. The Balaban J connectivity index is 1.45. The number of amides is 2. The monoisotopic (exact) mass is 421 g/mol. The zero-order chi connectivity index (χ0) is 20.9. The van der Waals surface area contributed by atoms with E-state index in [0.717, 1.165) is 11.1 Å². The molecule has 1 aliphatic heterocycles. The predicted molar refractivity (Wildman–Crippen MR) is 115 cm³/mol. The summed E-state index contributed by atoms with van der Waals surface area (Å²) < 4.78 is 5.89. The number of hydrogen-bond acceptors (Lipinski definition) is 4. The highest BCUT2D eigenvalue weighted by atomic mass is 35.5. The zero-order valence-electron chi connectivity index (χ0n) is 16.1. The van der Waals surface area contributed by atoms with Crippen LogP contribution in [0.15, 0.2) is 72.9 Å². The van der Waals surface area contributed by atoms with Crippen molar-refractivity contribution in [2.24, 2.45) is 0 Å². The molecule has 1 aliphatic rings. The normalized spacial score (nSPS) is 15.3. The molecule has 1 N–H and O–H groups in total. The van der Waals surface area contributed by atoms with E-state index in [9.17, 15) is 9.59 Å². The molecule has 2 aromatic carbocycles. The average molecular weight is 422 g/mol. The van der Waals surface area contributed by atoms with Crippen molar-refractivity contribution in [2.75, 3.05) is 18.0 Å². The van der Waals surface area contributed by atoms with E-state index in [-0.39, 0.29) is 18.4 Å². The number of ether oxygens (including phenoxy) is 1. The second-order valence-electron chi connectivity index (χ2n) is 6.88. The van der Waals surface area contributed by atoms with Crippen LogP contribution >= 0.6 is 11.6 Å². The lowest BCUT2D eigenvalue weighted by Gasteiger charge is -2.33. The van der Waals surface area contributed by atoms with Crippen LogP contribution in [0.4, 0.5) is 5.82 Å². The van der Waals surface area contributed by atoms with Gasteiger partial charge in [-0.1, -0.05) is 54.1 Å². The fourth-order valence-corrected chi connectivity index (χ4v) is 3.41. The van der Waals surface area contributed by atoms with E-state index in [1.807, 2.05) is 54.6 Å². The molecule has 0 aliphatic carbocycles. The number of fused-ring (bicyclic) bond motifs is 1. The van der Waals surface area contributed by atoms with E-state index < -0.39 is 6.10 Å². The molecule has 2 heterocycles. The van der Waals surface area contributed by atoms with Gasteiger partial charge in [0.2, 0.25) is 12.0 Å². The number of aromatic nitrogens is 1. The smallest absolute Gasteiger partial charge is 0.274 e. The zero-order valence-corrected chi connectivity index (χ0v) is 16.9. The largest absolute Gasteiger partial charge is 0.472 e. The van der Waals surface area contributed by atoms with E-state index in [2.05, 4.69) is 10.3 Å². The van der Waals surface area contributed by atoms with Crippen molar-refractivity contribution in [1.82, 2.24) is 10.3 Å². The maximum Gasteiger partial charge on any atom is 0.274 e. The van der Waals surface area contributed by atoms with Crippen LogP contribution in [0.5, 0.6) is 5.75 Å². The second kappa shape index (κ2) is 8.97. The number of pyridine rings is 1. The molecule has 0 saturated carbocycles. The molecule has 0 radical (unpaired) electrons. The van der Waals surface area contributed by atoms with E-state index >= 15 is 0 Å². The lowest BCUT2D eigenvalue weighted by atomic mass is 10.1. The van der Waals surface area contributed by atoms with Crippen molar-refractivity contribution in [3.8, 4) is 5.75 Å². The predicted octanol–water partition coefficient (Wildman–Crippen LogP) is 3.56. The number of carbonyl (C=O) groups is 2. The number of nitrogens with one attached hydrogen (secondary N) is 1. The van der Waals surface area contributed by atoms with Crippen LogP contribution in [0.2, 0.25) is 5.02 Å². The number of halogens is 1. The van der Waals surface area contributed by atoms with Crippen LogP contribution in [0.3, 0.4) is 0 Å². The Hall–Kier alpha value is -3.38. The standard InChI is InChI=1S/C23H20ClN3O3/c24-18-10-8-16(9-11-18)12-14-25-20(28)15-27-22-19(7-4-13-26-22)30-21(23(27)29)17-5-2-1-3-6-17/h1-11,13,21H,12,14-15H2,(H,25,28)/t21-/m1/s1. The lowest BCUT2D eigenvalue weighted by molar-refractivity contribution is -0.129. The fourth-order valence-electron chi connectivity index (χ4n) is 3.29. The maximum absolute atomic E-state index is 13.1. The number of nitrogens with zero attached hydrogens (tertiary/aromatic N) is 2. The topological polar surface area (TPSA) is 71.5 Å². The van der Waals surface area contributed by atoms with E-state index in [1.165, 1.54) is 4.90 Å². The molecule has 0 fully saturated rings. The summed E-state index contributed by atoms with van der Waals surface area (Å²) in [5.74, 6) is 0.241. The molecule has 0 spiro atoms. The van der Waals surface area contributed by atoms with Gasteiger partial charge in [0.15, 0.2) is 11.6 Å². The van der Waals surface area contributed by atoms with Crippen molar-refractivity contribution in [3.05, 3.63) is 89.1 Å². The Morgan fingerprint density at radius 3 is 2.60 bits per heavy atom. The Labute approximate surface area is 179 Å². The van der Waals surface area contributed by atoms with Gasteiger partial charge >= 0.3 is 0 Å². The fraction of sp³-hybridized carbons (Fsp3) is 0.174. The molecule has 7 heteroatoms. The Kier molecular flexibility index (Phi) is 5.95. The first-order chi connectivity index (χ1) is 14.6. The summed E-state index contributed by atoms with van der Waals surface area (Å²) in [5.41, 5.74) is 1.79. The van der Waals surface area contributed by atoms with Crippen LogP contribution in [0.1, 0.15) is 17.2 Å². The summed E-state index contributed by atoms with van der Waals surface area (Å²) in [5, 5.41) is 3.54. The molecule has 152 valence electrons. The first kappa shape index (κ1) is 19.9. The van der Waals surface area contributed by atoms with Crippen molar-refractivity contribution in [3.63, 3.8) is 0 Å². The van der Waals surface area contributed by atoms with Crippen LogP contribution in [-0.2, 0) is 16.0 Å². The lowest BCUT2D eigenvalue weighted by Crippen LogP contribution is -2.47.